The van der Waals surface area contributed by atoms with Crippen molar-refractivity contribution in [1.82, 2.24) is 5.32 Å². The largest absolute Gasteiger partial charge is 0.306 e. The topological polar surface area (TPSA) is 12.0 Å². The first-order valence-corrected chi connectivity index (χ1v) is 7.66. The Hall–Kier alpha value is -0.470. The summed E-state index contributed by atoms with van der Waals surface area (Å²) < 4.78 is 0. The molecule has 0 aromatic heterocycles. The van der Waals surface area contributed by atoms with E-state index in [4.69, 9.17) is 0 Å². The fourth-order valence-corrected chi connectivity index (χ4v) is 3.72. The van der Waals surface area contributed by atoms with Crippen molar-refractivity contribution in [1.29, 1.82) is 0 Å². The Morgan fingerprint density at radius 1 is 1.24 bits per heavy atom. The highest BCUT2D eigenvalue weighted by Gasteiger charge is 2.27. The third-order valence-electron chi connectivity index (χ3n) is 3.60. The molecule has 1 aromatic carbocycles. The SMILES string of the molecule is CC(C)C(NC1CCSC1C)c1ccccc1. The van der Waals surface area contributed by atoms with Crippen LogP contribution in [-0.2, 0) is 0 Å². The molecule has 3 unspecified atom stereocenters. The van der Waals surface area contributed by atoms with Crippen molar-refractivity contribution in [3.63, 3.8) is 0 Å². The van der Waals surface area contributed by atoms with Crippen LogP contribution in [0.25, 0.3) is 0 Å². The molecule has 1 N–H and O–H groups in total. The molecule has 2 rings (SSSR count). The smallest absolute Gasteiger partial charge is 0.0346 e. The second kappa shape index (κ2) is 5.92. The van der Waals surface area contributed by atoms with Gasteiger partial charge in [-0.15, -0.1) is 0 Å². The summed E-state index contributed by atoms with van der Waals surface area (Å²) in [6.07, 6.45) is 1.31. The summed E-state index contributed by atoms with van der Waals surface area (Å²) in [6, 6.07) is 12.0. The van der Waals surface area contributed by atoms with Crippen LogP contribution in [0.5, 0.6) is 0 Å². The van der Waals surface area contributed by atoms with Gasteiger partial charge in [0.05, 0.1) is 0 Å². The van der Waals surface area contributed by atoms with E-state index in [1.54, 1.807) is 0 Å². The van der Waals surface area contributed by atoms with Gasteiger partial charge in [-0.1, -0.05) is 51.1 Å². The van der Waals surface area contributed by atoms with Gasteiger partial charge in [0, 0.05) is 17.3 Å². The lowest BCUT2D eigenvalue weighted by atomic mass is 9.94. The average Bonchev–Trinajstić information content (AvgIpc) is 2.72. The molecule has 1 nitrogen and oxygen atoms in total. The van der Waals surface area contributed by atoms with Crippen LogP contribution >= 0.6 is 11.8 Å². The maximum Gasteiger partial charge on any atom is 0.0346 e. The molecule has 0 radical (unpaired) electrons. The van der Waals surface area contributed by atoms with Crippen molar-refractivity contribution in [3.8, 4) is 0 Å². The second-order valence-corrected chi connectivity index (χ2v) is 6.76. The first-order chi connectivity index (χ1) is 8.18. The monoisotopic (exact) mass is 249 g/mol. The van der Waals surface area contributed by atoms with Crippen molar-refractivity contribution in [2.45, 2.75) is 44.5 Å². The maximum absolute atomic E-state index is 3.86. The summed E-state index contributed by atoms with van der Waals surface area (Å²) >= 11 is 2.09. The van der Waals surface area contributed by atoms with Gasteiger partial charge >= 0.3 is 0 Å². The minimum Gasteiger partial charge on any atom is -0.306 e. The summed E-state index contributed by atoms with van der Waals surface area (Å²) in [5.41, 5.74) is 1.42. The van der Waals surface area contributed by atoms with E-state index in [-0.39, 0.29) is 0 Å². The maximum atomic E-state index is 3.86. The van der Waals surface area contributed by atoms with Gasteiger partial charge in [-0.25, -0.2) is 0 Å². The van der Waals surface area contributed by atoms with E-state index in [0.717, 1.165) is 5.25 Å². The first-order valence-electron chi connectivity index (χ1n) is 6.61. The summed E-state index contributed by atoms with van der Waals surface area (Å²) in [5, 5.41) is 4.61. The molecule has 2 heteroatoms. The van der Waals surface area contributed by atoms with E-state index < -0.39 is 0 Å². The molecule has 0 aliphatic carbocycles. The van der Waals surface area contributed by atoms with Crippen molar-refractivity contribution < 1.29 is 0 Å². The van der Waals surface area contributed by atoms with E-state index in [1.807, 2.05) is 0 Å². The van der Waals surface area contributed by atoms with E-state index in [2.05, 4.69) is 68.2 Å². The molecule has 1 saturated heterocycles. The van der Waals surface area contributed by atoms with Gasteiger partial charge in [-0.3, -0.25) is 0 Å². The number of rotatable bonds is 4. The highest BCUT2D eigenvalue weighted by atomic mass is 32.2. The number of thioether (sulfide) groups is 1. The first kappa shape index (κ1) is 13.0. The van der Waals surface area contributed by atoms with Crippen LogP contribution in [-0.4, -0.2) is 17.0 Å². The van der Waals surface area contributed by atoms with Crippen LogP contribution in [0, 0.1) is 5.92 Å². The Labute approximate surface area is 109 Å². The minimum atomic E-state index is 0.488. The number of nitrogens with one attached hydrogen (secondary N) is 1. The quantitative estimate of drug-likeness (QED) is 0.869. The van der Waals surface area contributed by atoms with E-state index in [0.29, 0.717) is 18.0 Å². The molecular weight excluding hydrogens is 226 g/mol. The zero-order valence-electron chi connectivity index (χ0n) is 11.0. The molecule has 3 atom stereocenters. The van der Waals surface area contributed by atoms with Gasteiger partial charge in [0.2, 0.25) is 0 Å². The normalized spacial score (nSPS) is 26.4. The van der Waals surface area contributed by atoms with Crippen molar-refractivity contribution >= 4 is 11.8 Å². The minimum absolute atomic E-state index is 0.488. The zero-order chi connectivity index (χ0) is 12.3. The lowest BCUT2D eigenvalue weighted by Gasteiger charge is -2.28. The van der Waals surface area contributed by atoms with Crippen LogP contribution < -0.4 is 5.32 Å². The van der Waals surface area contributed by atoms with Crippen molar-refractivity contribution in [3.05, 3.63) is 35.9 Å². The van der Waals surface area contributed by atoms with Crippen molar-refractivity contribution in [2.75, 3.05) is 5.75 Å². The molecular formula is C15H23NS. The Morgan fingerprint density at radius 3 is 2.47 bits per heavy atom. The fourth-order valence-electron chi connectivity index (χ4n) is 2.52. The molecule has 0 saturated carbocycles. The Bertz CT molecular complexity index is 336. The Balaban J connectivity index is 2.08. The van der Waals surface area contributed by atoms with E-state index in [1.165, 1.54) is 17.7 Å². The predicted octanol–water partition coefficient (Wildman–Crippen LogP) is 3.87. The Morgan fingerprint density at radius 2 is 1.94 bits per heavy atom. The standard InChI is InChI=1S/C15H23NS/c1-11(2)15(13-7-5-4-6-8-13)16-14-9-10-17-12(14)3/h4-8,11-12,14-16H,9-10H2,1-3H3. The third-order valence-corrected chi connectivity index (χ3v) is 4.92. The molecule has 1 fully saturated rings. The second-order valence-electron chi connectivity index (χ2n) is 5.27. The van der Waals surface area contributed by atoms with Crippen LogP contribution in [0.4, 0.5) is 0 Å². The van der Waals surface area contributed by atoms with Gasteiger partial charge in [-0.2, -0.15) is 11.8 Å². The van der Waals surface area contributed by atoms with Crippen LogP contribution in [0.2, 0.25) is 0 Å². The lowest BCUT2D eigenvalue weighted by molar-refractivity contribution is 0.357. The number of hydrogen-bond donors (Lipinski definition) is 1. The molecule has 17 heavy (non-hydrogen) atoms. The van der Waals surface area contributed by atoms with Gasteiger partial charge in [-0.05, 0) is 23.7 Å². The third kappa shape index (κ3) is 3.26. The number of benzene rings is 1. The van der Waals surface area contributed by atoms with Gasteiger partial charge in [0.15, 0.2) is 0 Å². The van der Waals surface area contributed by atoms with Gasteiger partial charge in [0.25, 0.3) is 0 Å². The summed E-state index contributed by atoms with van der Waals surface area (Å²) in [4.78, 5) is 0. The average molecular weight is 249 g/mol. The molecule has 0 amide bonds. The highest BCUT2D eigenvalue weighted by molar-refractivity contribution is 8.00. The zero-order valence-corrected chi connectivity index (χ0v) is 11.8. The van der Waals surface area contributed by atoms with E-state index >= 15 is 0 Å². The molecule has 94 valence electrons. The lowest BCUT2D eigenvalue weighted by Crippen LogP contribution is -2.38. The number of hydrogen-bond acceptors (Lipinski definition) is 2. The van der Waals surface area contributed by atoms with Crippen LogP contribution in [0.15, 0.2) is 30.3 Å². The molecule has 0 spiro atoms. The summed E-state index contributed by atoms with van der Waals surface area (Å²) in [7, 11) is 0. The molecule has 1 aliphatic rings. The Kier molecular flexibility index (Phi) is 4.52. The fraction of sp³-hybridized carbons (Fsp3) is 0.600. The van der Waals surface area contributed by atoms with E-state index in [9.17, 15) is 0 Å². The summed E-state index contributed by atoms with van der Waals surface area (Å²) in [6.45, 7) is 6.95. The van der Waals surface area contributed by atoms with Crippen LogP contribution in [0.3, 0.4) is 0 Å². The van der Waals surface area contributed by atoms with Gasteiger partial charge in [0.1, 0.15) is 0 Å². The molecule has 0 bridgehead atoms. The van der Waals surface area contributed by atoms with Crippen LogP contribution in [0.1, 0.15) is 38.8 Å². The van der Waals surface area contributed by atoms with Gasteiger partial charge < -0.3 is 5.32 Å². The molecule has 1 aromatic rings. The summed E-state index contributed by atoms with van der Waals surface area (Å²) in [5.74, 6) is 1.94. The van der Waals surface area contributed by atoms with Crippen molar-refractivity contribution in [2.24, 2.45) is 5.92 Å². The predicted molar refractivity (Wildman–Crippen MR) is 77.5 cm³/mol. The molecule has 1 heterocycles. The highest BCUT2D eigenvalue weighted by Crippen LogP contribution is 2.30. The molecule has 1 aliphatic heterocycles.